The molecule has 0 saturated carbocycles. The Bertz CT molecular complexity index is 381. The highest BCUT2D eigenvalue weighted by molar-refractivity contribution is 5.92. The van der Waals surface area contributed by atoms with Gasteiger partial charge in [-0.1, -0.05) is 32.1 Å². The van der Waals surface area contributed by atoms with Crippen molar-refractivity contribution in [2.75, 3.05) is 11.9 Å². The molecule has 0 aliphatic heterocycles. The molecule has 3 heteroatoms. The number of guanidine groups is 1. The van der Waals surface area contributed by atoms with Crippen LogP contribution in [0, 0.1) is 0 Å². The number of hydrogen-bond acceptors (Lipinski definition) is 1. The van der Waals surface area contributed by atoms with Gasteiger partial charge in [-0.15, -0.1) is 6.58 Å². The third kappa shape index (κ3) is 3.77. The van der Waals surface area contributed by atoms with Crippen molar-refractivity contribution in [2.24, 2.45) is 10.7 Å². The summed E-state index contributed by atoms with van der Waals surface area (Å²) in [5.74, 6) is 0.925. The normalized spacial score (nSPS) is 11.6. The first-order valence-electron chi connectivity index (χ1n) is 5.41. The second-order valence-electron chi connectivity index (χ2n) is 3.92. The number of aliphatic imine (C=N–C) groups is 1. The lowest BCUT2D eigenvalue weighted by Gasteiger charge is -2.09. The van der Waals surface area contributed by atoms with Gasteiger partial charge in [0.05, 0.1) is 6.54 Å². The van der Waals surface area contributed by atoms with Crippen LogP contribution in [0.2, 0.25) is 0 Å². The molecule has 1 rings (SSSR count). The highest BCUT2D eigenvalue weighted by atomic mass is 15.1. The van der Waals surface area contributed by atoms with Crippen molar-refractivity contribution in [1.29, 1.82) is 0 Å². The Morgan fingerprint density at radius 1 is 1.56 bits per heavy atom. The lowest BCUT2D eigenvalue weighted by Crippen LogP contribution is -2.22. The van der Waals surface area contributed by atoms with Crippen molar-refractivity contribution in [1.82, 2.24) is 0 Å². The van der Waals surface area contributed by atoms with Crippen molar-refractivity contribution >= 4 is 11.6 Å². The molecule has 16 heavy (non-hydrogen) atoms. The Morgan fingerprint density at radius 3 is 2.94 bits per heavy atom. The van der Waals surface area contributed by atoms with E-state index in [1.54, 1.807) is 6.08 Å². The first kappa shape index (κ1) is 12.3. The van der Waals surface area contributed by atoms with E-state index >= 15 is 0 Å². The highest BCUT2D eigenvalue weighted by Gasteiger charge is 2.00. The van der Waals surface area contributed by atoms with Gasteiger partial charge in [-0.2, -0.15) is 0 Å². The van der Waals surface area contributed by atoms with Crippen LogP contribution in [0.25, 0.3) is 0 Å². The summed E-state index contributed by atoms with van der Waals surface area (Å²) in [4.78, 5) is 4.08. The molecule has 86 valence electrons. The summed E-state index contributed by atoms with van der Waals surface area (Å²) in [7, 11) is 0. The van der Waals surface area contributed by atoms with Crippen molar-refractivity contribution < 1.29 is 0 Å². The molecule has 0 heterocycles. The van der Waals surface area contributed by atoms with Crippen LogP contribution in [-0.4, -0.2) is 12.5 Å². The number of nitrogens with one attached hydrogen (secondary N) is 1. The Balaban J connectivity index is 2.73. The fourth-order valence-corrected chi connectivity index (χ4v) is 1.33. The maximum Gasteiger partial charge on any atom is 0.193 e. The van der Waals surface area contributed by atoms with Gasteiger partial charge in [0.15, 0.2) is 5.96 Å². The minimum Gasteiger partial charge on any atom is -0.370 e. The molecular formula is C13H19N3. The molecule has 0 aromatic heterocycles. The van der Waals surface area contributed by atoms with Crippen molar-refractivity contribution in [2.45, 2.75) is 19.8 Å². The number of anilines is 1. The number of benzene rings is 1. The molecule has 0 unspecified atom stereocenters. The fourth-order valence-electron chi connectivity index (χ4n) is 1.33. The van der Waals surface area contributed by atoms with Gasteiger partial charge in [0.2, 0.25) is 0 Å². The van der Waals surface area contributed by atoms with Crippen LogP contribution in [0.15, 0.2) is 41.9 Å². The Hall–Kier alpha value is -1.77. The van der Waals surface area contributed by atoms with E-state index in [-0.39, 0.29) is 0 Å². The van der Waals surface area contributed by atoms with Crippen molar-refractivity contribution in [3.8, 4) is 0 Å². The van der Waals surface area contributed by atoms with E-state index in [1.807, 2.05) is 12.1 Å². The summed E-state index contributed by atoms with van der Waals surface area (Å²) < 4.78 is 0. The number of nitrogens with two attached hydrogens (primary N) is 1. The van der Waals surface area contributed by atoms with Crippen LogP contribution in [0.1, 0.15) is 25.3 Å². The number of rotatable bonds is 4. The molecule has 0 saturated heterocycles. The van der Waals surface area contributed by atoms with Crippen LogP contribution >= 0.6 is 0 Å². The molecule has 0 atom stereocenters. The average molecular weight is 217 g/mol. The zero-order valence-electron chi connectivity index (χ0n) is 9.90. The van der Waals surface area contributed by atoms with Gasteiger partial charge < -0.3 is 11.1 Å². The van der Waals surface area contributed by atoms with Crippen LogP contribution < -0.4 is 11.1 Å². The van der Waals surface area contributed by atoms with E-state index in [1.165, 1.54) is 5.56 Å². The van der Waals surface area contributed by atoms with Crippen molar-refractivity contribution in [3.63, 3.8) is 0 Å². The minimum absolute atomic E-state index is 0.417. The monoisotopic (exact) mass is 217 g/mol. The predicted molar refractivity (Wildman–Crippen MR) is 70.8 cm³/mol. The summed E-state index contributed by atoms with van der Waals surface area (Å²) >= 11 is 0. The summed E-state index contributed by atoms with van der Waals surface area (Å²) in [5, 5.41) is 3.05. The van der Waals surface area contributed by atoms with E-state index < -0.39 is 0 Å². The molecule has 1 aromatic rings. The van der Waals surface area contributed by atoms with Crippen LogP contribution in [0.5, 0.6) is 0 Å². The van der Waals surface area contributed by atoms with Crippen LogP contribution in [0.3, 0.4) is 0 Å². The molecule has 1 aromatic carbocycles. The quantitative estimate of drug-likeness (QED) is 0.463. The van der Waals surface area contributed by atoms with Gasteiger partial charge in [-0.05, 0) is 23.6 Å². The fraction of sp³-hybridized carbons (Fsp3) is 0.308. The average Bonchev–Trinajstić information content (AvgIpc) is 2.26. The van der Waals surface area contributed by atoms with Gasteiger partial charge >= 0.3 is 0 Å². The molecule has 3 N–H and O–H groups in total. The summed E-state index contributed by atoms with van der Waals surface area (Å²) in [6.07, 6.45) is 1.71. The van der Waals surface area contributed by atoms with E-state index in [9.17, 15) is 0 Å². The Kier molecular flexibility index (Phi) is 4.58. The smallest absolute Gasteiger partial charge is 0.193 e. The maximum atomic E-state index is 5.71. The van der Waals surface area contributed by atoms with E-state index in [0.717, 1.165) is 5.69 Å². The lowest BCUT2D eigenvalue weighted by molar-refractivity contribution is 0.867. The molecular weight excluding hydrogens is 198 g/mol. The van der Waals surface area contributed by atoms with Gasteiger partial charge in [-0.3, -0.25) is 0 Å². The molecule has 0 spiro atoms. The third-order valence-electron chi connectivity index (χ3n) is 2.22. The predicted octanol–water partition coefficient (Wildman–Crippen LogP) is 2.72. The third-order valence-corrected chi connectivity index (χ3v) is 2.22. The highest BCUT2D eigenvalue weighted by Crippen LogP contribution is 2.18. The standard InChI is InChI=1S/C13H19N3/c1-4-8-15-13(14)16-12-7-5-6-11(9-12)10(2)3/h4-7,9-10H,1,8H2,2-3H3,(H3,14,15,16). The molecule has 3 nitrogen and oxygen atoms in total. The van der Waals surface area contributed by atoms with Gasteiger partial charge in [0.1, 0.15) is 0 Å². The molecule has 0 bridgehead atoms. The lowest BCUT2D eigenvalue weighted by atomic mass is 10.0. The summed E-state index contributed by atoms with van der Waals surface area (Å²) in [6, 6.07) is 8.18. The van der Waals surface area contributed by atoms with E-state index in [2.05, 4.69) is 42.9 Å². The first-order valence-corrected chi connectivity index (χ1v) is 5.41. The second kappa shape index (κ2) is 5.95. The SMILES string of the molecule is C=CCN=C(N)Nc1cccc(C(C)C)c1. The Morgan fingerprint density at radius 2 is 2.31 bits per heavy atom. The van der Waals surface area contributed by atoms with Crippen LogP contribution in [0.4, 0.5) is 5.69 Å². The molecule has 0 radical (unpaired) electrons. The van der Waals surface area contributed by atoms with Crippen LogP contribution in [-0.2, 0) is 0 Å². The number of hydrogen-bond donors (Lipinski definition) is 2. The van der Waals surface area contributed by atoms with E-state index in [0.29, 0.717) is 18.4 Å². The summed E-state index contributed by atoms with van der Waals surface area (Å²) in [6.45, 7) is 8.44. The zero-order chi connectivity index (χ0) is 12.0. The summed E-state index contributed by atoms with van der Waals surface area (Å²) in [5.41, 5.74) is 7.96. The topological polar surface area (TPSA) is 50.4 Å². The Labute approximate surface area is 97.1 Å². The maximum absolute atomic E-state index is 5.71. The molecule has 0 fully saturated rings. The van der Waals surface area contributed by atoms with E-state index in [4.69, 9.17) is 5.73 Å². The molecule has 0 aliphatic carbocycles. The van der Waals surface area contributed by atoms with Crippen molar-refractivity contribution in [3.05, 3.63) is 42.5 Å². The van der Waals surface area contributed by atoms with Gasteiger partial charge in [0, 0.05) is 5.69 Å². The molecule has 0 amide bonds. The van der Waals surface area contributed by atoms with Gasteiger partial charge in [0.25, 0.3) is 0 Å². The number of nitrogens with zero attached hydrogens (tertiary/aromatic N) is 1. The van der Waals surface area contributed by atoms with Gasteiger partial charge in [-0.25, -0.2) is 4.99 Å². The largest absolute Gasteiger partial charge is 0.370 e. The second-order valence-corrected chi connectivity index (χ2v) is 3.92. The zero-order valence-corrected chi connectivity index (χ0v) is 9.90. The first-order chi connectivity index (χ1) is 7.63. The molecule has 0 aliphatic rings. The minimum atomic E-state index is 0.417.